The zero-order valence-electron chi connectivity index (χ0n) is 15.4. The Bertz CT molecular complexity index is 748. The molecule has 140 valence electrons. The molecule has 1 heterocycles. The Hall–Kier alpha value is -1.76. The normalized spacial score (nSPS) is 16.2. The van der Waals surface area contributed by atoms with Crippen molar-refractivity contribution >= 4 is 15.9 Å². The number of nitrogens with one attached hydrogen (secondary N) is 1. The van der Waals surface area contributed by atoms with Crippen LogP contribution in [0, 0.1) is 0 Å². The molecule has 6 heteroatoms. The lowest BCUT2D eigenvalue weighted by Gasteiger charge is -2.36. The van der Waals surface area contributed by atoms with E-state index in [1.165, 1.54) is 0 Å². The lowest BCUT2D eigenvalue weighted by Crippen LogP contribution is -2.45. The predicted molar refractivity (Wildman–Crippen MR) is 107 cm³/mol. The second-order valence-electron chi connectivity index (χ2n) is 6.16. The molecule has 1 atom stereocenters. The van der Waals surface area contributed by atoms with Gasteiger partial charge in [0.2, 0.25) is 0 Å². The third kappa shape index (κ3) is 3.82. The van der Waals surface area contributed by atoms with Gasteiger partial charge in [-0.15, -0.1) is 0 Å². The van der Waals surface area contributed by atoms with E-state index in [1.807, 2.05) is 18.2 Å². The highest BCUT2D eigenvalue weighted by atomic mass is 79.9. The van der Waals surface area contributed by atoms with Gasteiger partial charge in [-0.05, 0) is 23.8 Å². The Morgan fingerprint density at radius 2 is 1.50 bits per heavy atom. The number of nitrogens with zero attached hydrogens (tertiary/aromatic N) is 1. The molecule has 0 aliphatic carbocycles. The molecule has 1 N–H and O–H groups in total. The van der Waals surface area contributed by atoms with Crippen molar-refractivity contribution in [3.05, 3.63) is 52.0 Å². The molecule has 1 unspecified atom stereocenters. The lowest BCUT2D eigenvalue weighted by atomic mass is 9.95. The molecule has 0 amide bonds. The smallest absolute Gasteiger partial charge is 0.161 e. The van der Waals surface area contributed by atoms with Crippen LogP contribution >= 0.6 is 15.9 Å². The van der Waals surface area contributed by atoms with Crippen LogP contribution in [0.25, 0.3) is 0 Å². The molecular weight excluding hydrogens is 396 g/mol. The van der Waals surface area contributed by atoms with Gasteiger partial charge >= 0.3 is 0 Å². The number of ether oxygens (including phenoxy) is 3. The van der Waals surface area contributed by atoms with Crippen LogP contribution in [0.3, 0.4) is 0 Å². The molecule has 1 saturated heterocycles. The van der Waals surface area contributed by atoms with Crippen molar-refractivity contribution in [1.82, 2.24) is 10.2 Å². The second kappa shape index (κ2) is 8.75. The third-order valence-electron chi connectivity index (χ3n) is 4.75. The van der Waals surface area contributed by atoms with E-state index in [4.69, 9.17) is 14.2 Å². The molecule has 26 heavy (non-hydrogen) atoms. The largest absolute Gasteiger partial charge is 0.496 e. The molecule has 1 fully saturated rings. The van der Waals surface area contributed by atoms with Gasteiger partial charge in [0.15, 0.2) is 11.5 Å². The topological polar surface area (TPSA) is 43.0 Å². The fourth-order valence-corrected chi connectivity index (χ4v) is 4.01. The van der Waals surface area contributed by atoms with Gasteiger partial charge in [-0.3, -0.25) is 4.90 Å². The summed E-state index contributed by atoms with van der Waals surface area (Å²) in [5.74, 6) is 2.32. The van der Waals surface area contributed by atoms with E-state index in [0.717, 1.165) is 53.3 Å². The molecule has 1 aliphatic heterocycles. The number of piperazine rings is 1. The Kier molecular flexibility index (Phi) is 6.40. The minimum Gasteiger partial charge on any atom is -0.496 e. The summed E-state index contributed by atoms with van der Waals surface area (Å²) in [4.78, 5) is 2.47. The molecule has 5 nitrogen and oxygen atoms in total. The first kappa shape index (κ1) is 19.0. The molecule has 1 aliphatic rings. The molecule has 0 aromatic heterocycles. The molecule has 2 aromatic carbocycles. The standard InChI is InChI=1S/C20H25BrN2O3/c1-24-17-7-5-4-6-14(17)20(23-10-8-22-9-11-23)15-12-18(25-2)19(26-3)13-16(15)21/h4-7,12-13,20,22H,8-11H2,1-3H3. The maximum Gasteiger partial charge on any atom is 0.161 e. The first-order valence-corrected chi connectivity index (χ1v) is 9.48. The average Bonchev–Trinajstić information content (AvgIpc) is 2.70. The highest BCUT2D eigenvalue weighted by Gasteiger charge is 2.29. The highest BCUT2D eigenvalue weighted by molar-refractivity contribution is 9.10. The van der Waals surface area contributed by atoms with Crippen molar-refractivity contribution in [2.45, 2.75) is 6.04 Å². The summed E-state index contributed by atoms with van der Waals surface area (Å²) in [5.41, 5.74) is 2.28. The van der Waals surface area contributed by atoms with E-state index < -0.39 is 0 Å². The Morgan fingerprint density at radius 3 is 2.15 bits per heavy atom. The molecule has 0 bridgehead atoms. The van der Waals surface area contributed by atoms with Gasteiger partial charge in [0, 0.05) is 36.2 Å². The Labute approximate surface area is 163 Å². The monoisotopic (exact) mass is 420 g/mol. The highest BCUT2D eigenvalue weighted by Crippen LogP contribution is 2.42. The van der Waals surface area contributed by atoms with Crippen molar-refractivity contribution < 1.29 is 14.2 Å². The van der Waals surface area contributed by atoms with Crippen molar-refractivity contribution in [3.63, 3.8) is 0 Å². The molecule has 2 aromatic rings. The minimum atomic E-state index is 0.0578. The SMILES string of the molecule is COc1cc(Br)c(C(c2ccccc2OC)N2CCNCC2)cc1OC. The number of hydrogen-bond donors (Lipinski definition) is 1. The van der Waals surface area contributed by atoms with Crippen LogP contribution in [-0.4, -0.2) is 52.4 Å². The van der Waals surface area contributed by atoms with E-state index >= 15 is 0 Å². The maximum atomic E-state index is 5.67. The van der Waals surface area contributed by atoms with Crippen LogP contribution in [0.1, 0.15) is 17.2 Å². The summed E-state index contributed by atoms with van der Waals surface area (Å²) < 4.78 is 17.7. The number of hydrogen-bond acceptors (Lipinski definition) is 5. The lowest BCUT2D eigenvalue weighted by molar-refractivity contribution is 0.194. The van der Waals surface area contributed by atoms with Gasteiger partial charge in [0.1, 0.15) is 5.75 Å². The average molecular weight is 421 g/mol. The summed E-state index contributed by atoms with van der Waals surface area (Å²) in [6.07, 6.45) is 0. The number of benzene rings is 2. The van der Waals surface area contributed by atoms with Crippen LogP contribution in [0.2, 0.25) is 0 Å². The van der Waals surface area contributed by atoms with Crippen molar-refractivity contribution in [2.75, 3.05) is 47.5 Å². The third-order valence-corrected chi connectivity index (χ3v) is 5.43. The van der Waals surface area contributed by atoms with E-state index in [-0.39, 0.29) is 6.04 Å². The second-order valence-corrected chi connectivity index (χ2v) is 7.01. The summed E-state index contributed by atoms with van der Waals surface area (Å²) in [7, 11) is 5.04. The summed E-state index contributed by atoms with van der Waals surface area (Å²) >= 11 is 3.74. The Balaban J connectivity index is 2.14. The summed E-state index contributed by atoms with van der Waals surface area (Å²) in [6.45, 7) is 3.86. The Morgan fingerprint density at radius 1 is 0.885 bits per heavy atom. The first-order chi connectivity index (χ1) is 12.7. The number of rotatable bonds is 6. The van der Waals surface area contributed by atoms with Gasteiger partial charge in [0.05, 0.1) is 27.4 Å². The van der Waals surface area contributed by atoms with Gasteiger partial charge in [-0.25, -0.2) is 0 Å². The van der Waals surface area contributed by atoms with Crippen LogP contribution in [0.15, 0.2) is 40.9 Å². The number of para-hydroxylation sites is 1. The van der Waals surface area contributed by atoms with Crippen molar-refractivity contribution in [1.29, 1.82) is 0 Å². The van der Waals surface area contributed by atoms with E-state index in [9.17, 15) is 0 Å². The summed E-state index contributed by atoms with van der Waals surface area (Å²) in [5, 5.41) is 3.43. The number of methoxy groups -OCH3 is 3. The minimum absolute atomic E-state index is 0.0578. The fourth-order valence-electron chi connectivity index (χ4n) is 3.47. The van der Waals surface area contributed by atoms with Gasteiger partial charge in [-0.2, -0.15) is 0 Å². The van der Waals surface area contributed by atoms with Crippen molar-refractivity contribution in [3.8, 4) is 17.2 Å². The molecule has 3 rings (SSSR count). The summed E-state index contributed by atoms with van der Waals surface area (Å²) in [6, 6.07) is 12.3. The first-order valence-electron chi connectivity index (χ1n) is 8.68. The zero-order chi connectivity index (χ0) is 18.5. The van der Waals surface area contributed by atoms with Gasteiger partial charge < -0.3 is 19.5 Å². The van der Waals surface area contributed by atoms with E-state index in [2.05, 4.69) is 44.3 Å². The molecule has 0 radical (unpaired) electrons. The van der Waals surface area contributed by atoms with Crippen LogP contribution in [0.4, 0.5) is 0 Å². The van der Waals surface area contributed by atoms with E-state index in [0.29, 0.717) is 5.75 Å². The zero-order valence-corrected chi connectivity index (χ0v) is 17.0. The molecule has 0 spiro atoms. The fraction of sp³-hybridized carbons (Fsp3) is 0.400. The van der Waals surface area contributed by atoms with Gasteiger partial charge in [0.25, 0.3) is 0 Å². The van der Waals surface area contributed by atoms with E-state index in [1.54, 1.807) is 21.3 Å². The van der Waals surface area contributed by atoms with Crippen molar-refractivity contribution in [2.24, 2.45) is 0 Å². The maximum absolute atomic E-state index is 5.67. The van der Waals surface area contributed by atoms with Gasteiger partial charge in [-0.1, -0.05) is 34.1 Å². The molecular formula is C20H25BrN2O3. The number of halogens is 1. The van der Waals surface area contributed by atoms with Crippen LogP contribution < -0.4 is 19.5 Å². The quantitative estimate of drug-likeness (QED) is 0.774. The van der Waals surface area contributed by atoms with Crippen LogP contribution in [-0.2, 0) is 0 Å². The van der Waals surface area contributed by atoms with Crippen LogP contribution in [0.5, 0.6) is 17.2 Å². The predicted octanol–water partition coefficient (Wildman–Crippen LogP) is 3.47. The molecule has 0 saturated carbocycles.